The molecule has 0 aliphatic carbocycles. The number of hydrogen-bond acceptors (Lipinski definition) is 7. The van der Waals surface area contributed by atoms with Crippen LogP contribution in [0, 0.1) is 16.0 Å². The number of benzene rings is 1. The summed E-state index contributed by atoms with van der Waals surface area (Å²) in [6.45, 7) is 0.479. The zero-order chi connectivity index (χ0) is 21.5. The highest BCUT2D eigenvalue weighted by Crippen LogP contribution is 2.27. The van der Waals surface area contributed by atoms with Crippen molar-refractivity contribution in [3.63, 3.8) is 0 Å². The summed E-state index contributed by atoms with van der Waals surface area (Å²) in [4.78, 5) is 28.0. The third-order valence-electron chi connectivity index (χ3n) is 5.03. The van der Waals surface area contributed by atoms with E-state index in [-0.39, 0.29) is 22.3 Å². The Bertz CT molecular complexity index is 1290. The number of non-ortho nitro benzene ring substituents is 1. The summed E-state index contributed by atoms with van der Waals surface area (Å²) in [6, 6.07) is 7.75. The van der Waals surface area contributed by atoms with Crippen LogP contribution in [0.3, 0.4) is 0 Å². The average Bonchev–Trinajstić information content (AvgIpc) is 3.37. The number of carbonyl (C=O) groups excluding carboxylic acids is 1. The van der Waals surface area contributed by atoms with Crippen LogP contribution in [0.5, 0.6) is 0 Å². The Morgan fingerprint density at radius 2 is 2.13 bits per heavy atom. The van der Waals surface area contributed by atoms with Gasteiger partial charge in [0.2, 0.25) is 0 Å². The van der Waals surface area contributed by atoms with Gasteiger partial charge >= 0.3 is 0 Å². The zero-order valence-corrected chi connectivity index (χ0v) is 18.4. The molecule has 1 aliphatic heterocycles. The van der Waals surface area contributed by atoms with Gasteiger partial charge in [-0.25, -0.2) is 8.42 Å². The smallest absolute Gasteiger partial charge is 0.271 e. The topological polar surface area (TPSA) is 115 Å². The van der Waals surface area contributed by atoms with Crippen molar-refractivity contribution in [3.8, 4) is 0 Å². The Balaban J connectivity index is 1.61. The summed E-state index contributed by atoms with van der Waals surface area (Å²) in [5.74, 6) is -0.897. The molecule has 0 spiro atoms. The molecule has 2 aromatic heterocycles. The molecule has 1 atom stereocenters. The van der Waals surface area contributed by atoms with Crippen molar-refractivity contribution in [1.29, 1.82) is 0 Å². The molecule has 1 aliphatic rings. The third kappa shape index (κ3) is 3.83. The normalized spacial score (nSPS) is 18.7. The van der Waals surface area contributed by atoms with Crippen LogP contribution in [-0.2, 0) is 21.9 Å². The van der Waals surface area contributed by atoms with Crippen molar-refractivity contribution in [2.45, 2.75) is 17.1 Å². The Morgan fingerprint density at radius 3 is 2.83 bits per heavy atom. The SMILES string of the molecule is Cn1c(=NC(=O)C2CCCN(S(=O)(=O)c3cccs3)C2)sc2ccc([N+](=O)[O-])cc21. The maximum Gasteiger partial charge on any atom is 0.271 e. The summed E-state index contributed by atoms with van der Waals surface area (Å²) in [5.41, 5.74) is 0.585. The Labute approximate surface area is 180 Å². The molecule has 12 heteroatoms. The number of amides is 1. The van der Waals surface area contributed by atoms with Crippen molar-refractivity contribution in [2.24, 2.45) is 18.0 Å². The molecule has 1 saturated heterocycles. The summed E-state index contributed by atoms with van der Waals surface area (Å²) in [7, 11) is -1.91. The molecule has 3 aromatic rings. The van der Waals surface area contributed by atoms with Gasteiger partial charge in [-0.15, -0.1) is 11.3 Å². The van der Waals surface area contributed by atoms with Gasteiger partial charge in [0.15, 0.2) is 4.80 Å². The van der Waals surface area contributed by atoms with Crippen molar-refractivity contribution < 1.29 is 18.1 Å². The molecule has 1 fully saturated rings. The highest BCUT2D eigenvalue weighted by atomic mass is 32.2. The van der Waals surface area contributed by atoms with Gasteiger partial charge in [0.05, 0.1) is 21.1 Å². The first kappa shape index (κ1) is 20.8. The van der Waals surface area contributed by atoms with E-state index in [2.05, 4.69) is 4.99 Å². The van der Waals surface area contributed by atoms with E-state index < -0.39 is 20.9 Å². The first-order valence-electron chi connectivity index (χ1n) is 9.13. The molecule has 0 radical (unpaired) electrons. The minimum absolute atomic E-state index is 0.0320. The number of aromatic nitrogens is 1. The monoisotopic (exact) mass is 466 g/mol. The van der Waals surface area contributed by atoms with Gasteiger partial charge in [0, 0.05) is 32.3 Å². The predicted octanol–water partition coefficient (Wildman–Crippen LogP) is 2.74. The lowest BCUT2D eigenvalue weighted by Crippen LogP contribution is -2.42. The molecule has 4 rings (SSSR count). The summed E-state index contributed by atoms with van der Waals surface area (Å²) >= 11 is 2.42. The second kappa shape index (κ2) is 8.02. The maximum atomic E-state index is 12.8. The van der Waals surface area contributed by atoms with Gasteiger partial charge in [0.25, 0.3) is 21.6 Å². The highest BCUT2D eigenvalue weighted by Gasteiger charge is 2.33. The van der Waals surface area contributed by atoms with Crippen molar-refractivity contribution in [1.82, 2.24) is 8.87 Å². The first-order valence-corrected chi connectivity index (χ1v) is 12.3. The van der Waals surface area contributed by atoms with Gasteiger partial charge in [0.1, 0.15) is 4.21 Å². The van der Waals surface area contributed by atoms with Crippen LogP contribution < -0.4 is 4.80 Å². The number of nitro groups is 1. The van der Waals surface area contributed by atoms with Crippen molar-refractivity contribution in [2.75, 3.05) is 13.1 Å². The molecule has 9 nitrogen and oxygen atoms in total. The van der Waals surface area contributed by atoms with Crippen molar-refractivity contribution in [3.05, 3.63) is 50.6 Å². The van der Waals surface area contributed by atoms with E-state index in [0.29, 0.717) is 29.7 Å². The quantitative estimate of drug-likeness (QED) is 0.433. The number of rotatable bonds is 4. The fourth-order valence-corrected chi connectivity index (χ4v) is 7.09. The van der Waals surface area contributed by atoms with E-state index >= 15 is 0 Å². The van der Waals surface area contributed by atoms with Crippen molar-refractivity contribution >= 4 is 54.5 Å². The molecule has 0 N–H and O–H groups in total. The van der Waals surface area contributed by atoms with Gasteiger partial charge in [-0.2, -0.15) is 9.30 Å². The zero-order valence-electron chi connectivity index (χ0n) is 15.9. The number of thiophene rings is 1. The predicted molar refractivity (Wildman–Crippen MR) is 114 cm³/mol. The first-order chi connectivity index (χ1) is 14.3. The minimum atomic E-state index is -3.61. The molecule has 1 amide bonds. The van der Waals surface area contributed by atoms with Crippen LogP contribution >= 0.6 is 22.7 Å². The van der Waals surface area contributed by atoms with Crippen LogP contribution in [0.25, 0.3) is 10.2 Å². The second-order valence-corrected chi connectivity index (χ2v) is 11.1. The van der Waals surface area contributed by atoms with Gasteiger partial charge in [-0.1, -0.05) is 17.4 Å². The third-order valence-corrected chi connectivity index (χ3v) is 9.38. The average molecular weight is 467 g/mol. The van der Waals surface area contributed by atoms with E-state index in [0.717, 1.165) is 16.0 Å². The lowest BCUT2D eigenvalue weighted by Gasteiger charge is -2.29. The molecule has 0 bridgehead atoms. The number of nitrogens with zero attached hydrogens (tertiary/aromatic N) is 4. The number of carbonyl (C=O) groups is 1. The number of piperidine rings is 1. The number of thiazole rings is 1. The van der Waals surface area contributed by atoms with E-state index in [1.165, 1.54) is 27.8 Å². The summed E-state index contributed by atoms with van der Waals surface area (Å²) in [6.07, 6.45) is 1.15. The van der Waals surface area contributed by atoms with Crippen LogP contribution in [0.1, 0.15) is 12.8 Å². The van der Waals surface area contributed by atoms with E-state index in [1.54, 1.807) is 35.2 Å². The lowest BCUT2D eigenvalue weighted by atomic mass is 9.99. The summed E-state index contributed by atoms with van der Waals surface area (Å²) in [5, 5.41) is 12.7. The number of hydrogen-bond donors (Lipinski definition) is 0. The van der Waals surface area contributed by atoms with Crippen LogP contribution in [0.15, 0.2) is 44.9 Å². The highest BCUT2D eigenvalue weighted by molar-refractivity contribution is 7.91. The van der Waals surface area contributed by atoms with Gasteiger partial charge in [-0.3, -0.25) is 14.9 Å². The number of aryl methyl sites for hydroxylation is 1. The summed E-state index contributed by atoms with van der Waals surface area (Å²) < 4.78 is 29.6. The standard InChI is InChI=1S/C18H18N4O5S3/c1-20-14-10-13(22(24)25)6-7-15(14)29-18(20)19-17(23)12-4-2-8-21(11-12)30(26,27)16-5-3-9-28-16/h3,5-7,9-10,12H,2,4,8,11H2,1H3. The molecule has 3 heterocycles. The minimum Gasteiger partial charge on any atom is -0.319 e. The fourth-order valence-electron chi connectivity index (χ4n) is 3.42. The second-order valence-electron chi connectivity index (χ2n) is 6.94. The van der Waals surface area contributed by atoms with E-state index in [4.69, 9.17) is 0 Å². The molecule has 1 unspecified atom stereocenters. The molecule has 158 valence electrons. The van der Waals surface area contributed by atoms with Crippen LogP contribution in [0.2, 0.25) is 0 Å². The van der Waals surface area contributed by atoms with E-state index in [9.17, 15) is 23.3 Å². The molecule has 1 aromatic carbocycles. The molecule has 0 saturated carbocycles. The van der Waals surface area contributed by atoms with E-state index in [1.807, 2.05) is 0 Å². The Morgan fingerprint density at radius 1 is 1.33 bits per heavy atom. The largest absolute Gasteiger partial charge is 0.319 e. The fraction of sp³-hybridized carbons (Fsp3) is 0.333. The number of sulfonamides is 1. The Kier molecular flexibility index (Phi) is 5.57. The van der Waals surface area contributed by atoms with Gasteiger partial charge in [-0.05, 0) is 30.4 Å². The molecular formula is C18H18N4O5S3. The van der Waals surface area contributed by atoms with Crippen LogP contribution in [0.4, 0.5) is 5.69 Å². The lowest BCUT2D eigenvalue weighted by molar-refractivity contribution is -0.384. The number of nitro benzene ring substituents is 1. The van der Waals surface area contributed by atoms with Crippen LogP contribution in [-0.4, -0.2) is 41.2 Å². The molecule has 30 heavy (non-hydrogen) atoms. The van der Waals surface area contributed by atoms with Gasteiger partial charge < -0.3 is 4.57 Å². The number of fused-ring (bicyclic) bond motifs is 1. The molecular weight excluding hydrogens is 448 g/mol. The Hall–Kier alpha value is -2.41. The maximum absolute atomic E-state index is 12.8.